The molecule has 1 aliphatic heterocycles. The van der Waals surface area contributed by atoms with E-state index in [0.717, 1.165) is 38.2 Å². The Labute approximate surface area is 545 Å². The number of nitrogens with one attached hydrogen (secondary N) is 2. The van der Waals surface area contributed by atoms with Crippen molar-refractivity contribution in [1.82, 2.24) is 10.6 Å². The average Bonchev–Trinajstić information content (AvgIpc) is 0.633. The number of Topliss-reactive ketones (excluding diaryl/α,β-unsaturated/α-hetero) is 1. The van der Waals surface area contributed by atoms with E-state index in [1.54, 1.807) is 85.8 Å². The van der Waals surface area contributed by atoms with Gasteiger partial charge >= 0.3 is 29.8 Å². The summed E-state index contributed by atoms with van der Waals surface area (Å²) in [6.45, 7) is 7.42. The smallest absolute Gasteiger partial charge is 0.350 e. The molecule has 4 bridgehead atoms. The number of amides is 2. The number of esters is 5. The summed E-state index contributed by atoms with van der Waals surface area (Å²) in [7, 11) is 0. The normalized spacial score (nSPS) is 27.5. The van der Waals surface area contributed by atoms with Crippen LogP contribution in [0.15, 0.2) is 132 Å². The fraction of sp³-hybridized carbons (Fsp3) is 0.541. The Morgan fingerprint density at radius 2 is 1.25 bits per heavy atom. The van der Waals surface area contributed by atoms with Crippen molar-refractivity contribution >= 4 is 47.4 Å². The van der Waals surface area contributed by atoms with Gasteiger partial charge in [0.15, 0.2) is 11.9 Å². The van der Waals surface area contributed by atoms with E-state index in [2.05, 4.69) is 17.6 Å². The Morgan fingerprint density at radius 3 is 1.82 bits per heavy atom. The average molecular weight is 1280 g/mol. The summed E-state index contributed by atoms with van der Waals surface area (Å²) in [5.41, 5.74) is -9.02. The minimum atomic E-state index is -2.42. The van der Waals surface area contributed by atoms with Crippen LogP contribution in [-0.2, 0) is 63.8 Å². The van der Waals surface area contributed by atoms with Crippen LogP contribution < -0.4 is 10.6 Å². The van der Waals surface area contributed by atoms with Crippen molar-refractivity contribution in [3.63, 3.8) is 0 Å². The SMILES string of the molecule is CCCCCCCCCCCCCCCCC(NC(=O)CCC(=O)O[C@@H](C(=O)O[C@H]1C[C@]2(O)C3(C)C[C@@]2(OC(=O)c2ccccc2)C2[C@]4(O)CO[C@@H]4C[C@H](O)[C@@]2(C)C(=O)[C@H](OC(C)=O)C3=C1C)[C@@H](NC(=O)c1ccccc1)c1ccccc1)C(=O)OCc1ccccc1. The van der Waals surface area contributed by atoms with Crippen LogP contribution in [0.2, 0.25) is 0 Å². The number of ether oxygens (including phenoxy) is 6. The molecule has 500 valence electrons. The number of aliphatic hydroxyl groups is 3. The van der Waals surface area contributed by atoms with Gasteiger partial charge in [0.2, 0.25) is 12.0 Å². The molecule has 0 aromatic heterocycles. The second kappa shape index (κ2) is 30.7. The number of ketones is 1. The fourth-order valence-electron chi connectivity index (χ4n) is 15.4. The third-order valence-electron chi connectivity index (χ3n) is 20.4. The molecule has 19 nitrogen and oxygen atoms in total. The van der Waals surface area contributed by atoms with E-state index in [9.17, 15) is 44.1 Å². The number of carbonyl (C=O) groups is 8. The van der Waals surface area contributed by atoms with E-state index < -0.39 is 143 Å². The van der Waals surface area contributed by atoms with Gasteiger partial charge in [0, 0.05) is 43.6 Å². The van der Waals surface area contributed by atoms with Crippen LogP contribution in [0.1, 0.15) is 201 Å². The van der Waals surface area contributed by atoms with Crippen molar-refractivity contribution in [3.8, 4) is 0 Å². The van der Waals surface area contributed by atoms with Crippen LogP contribution in [-0.4, -0.2) is 123 Å². The number of fused-ring (bicyclic) bond motifs is 2. The molecular formula is C74H92N2O17. The predicted octanol–water partition coefficient (Wildman–Crippen LogP) is 10.3. The molecule has 5 fully saturated rings. The first-order valence-corrected chi connectivity index (χ1v) is 33.4. The maximum absolute atomic E-state index is 15.7. The van der Waals surface area contributed by atoms with Gasteiger partial charge in [-0.3, -0.25) is 24.0 Å². The molecule has 4 aromatic rings. The van der Waals surface area contributed by atoms with Gasteiger partial charge in [-0.15, -0.1) is 0 Å². The molecule has 4 aromatic carbocycles. The lowest BCUT2D eigenvalue weighted by Gasteiger charge is -2.77. The molecule has 2 amide bonds. The van der Waals surface area contributed by atoms with E-state index in [-0.39, 0.29) is 60.3 Å². The number of benzene rings is 4. The van der Waals surface area contributed by atoms with Crippen molar-refractivity contribution in [2.24, 2.45) is 16.7 Å². The summed E-state index contributed by atoms with van der Waals surface area (Å²) in [4.78, 5) is 116. The highest BCUT2D eigenvalue weighted by molar-refractivity contribution is 5.97. The molecule has 0 spiro atoms. The second-order valence-corrected chi connectivity index (χ2v) is 26.6. The zero-order chi connectivity index (χ0) is 66.6. The summed E-state index contributed by atoms with van der Waals surface area (Å²) < 4.78 is 36.7. The van der Waals surface area contributed by atoms with Gasteiger partial charge in [0.1, 0.15) is 41.6 Å². The van der Waals surface area contributed by atoms with Crippen molar-refractivity contribution in [2.75, 3.05) is 6.61 Å². The molecule has 1 heterocycles. The lowest BCUT2D eigenvalue weighted by molar-refractivity contribution is -0.403. The van der Waals surface area contributed by atoms with E-state index in [4.69, 9.17) is 28.4 Å². The van der Waals surface area contributed by atoms with Gasteiger partial charge in [-0.2, -0.15) is 0 Å². The maximum atomic E-state index is 15.7. The number of unbranched alkanes of at least 4 members (excludes halogenated alkanes) is 13. The molecule has 5 aliphatic carbocycles. The topological polar surface area (TPSA) is 277 Å². The Hall–Kier alpha value is -7.58. The lowest BCUT2D eigenvalue weighted by atomic mass is 9.31. The molecule has 3 unspecified atom stereocenters. The first kappa shape index (κ1) is 69.8. The second-order valence-electron chi connectivity index (χ2n) is 26.6. The lowest BCUT2D eigenvalue weighted by Crippen LogP contribution is -2.90. The summed E-state index contributed by atoms with van der Waals surface area (Å²) in [6.07, 6.45) is 5.79. The van der Waals surface area contributed by atoms with Gasteiger partial charge in [-0.1, -0.05) is 201 Å². The minimum Gasteiger partial charge on any atom is -0.459 e. The Balaban J connectivity index is 0.987. The molecule has 4 saturated carbocycles. The van der Waals surface area contributed by atoms with Crippen molar-refractivity contribution in [2.45, 2.75) is 229 Å². The van der Waals surface area contributed by atoms with Gasteiger partial charge in [-0.25, -0.2) is 14.4 Å². The predicted molar refractivity (Wildman–Crippen MR) is 342 cm³/mol. The summed E-state index contributed by atoms with van der Waals surface area (Å²) >= 11 is 0. The highest BCUT2D eigenvalue weighted by Crippen LogP contribution is 2.76. The largest absolute Gasteiger partial charge is 0.459 e. The number of hydrogen-bond donors (Lipinski definition) is 5. The molecular weight excluding hydrogens is 1190 g/mol. The highest BCUT2D eigenvalue weighted by atomic mass is 16.6. The van der Waals surface area contributed by atoms with Crippen LogP contribution in [0.4, 0.5) is 0 Å². The third kappa shape index (κ3) is 14.9. The van der Waals surface area contributed by atoms with E-state index in [0.29, 0.717) is 6.42 Å². The molecule has 19 heteroatoms. The third-order valence-corrected chi connectivity index (χ3v) is 20.4. The number of hydrogen-bond acceptors (Lipinski definition) is 17. The minimum absolute atomic E-state index is 0.00498. The van der Waals surface area contributed by atoms with Gasteiger partial charge < -0.3 is 54.4 Å². The Bertz CT molecular complexity index is 3310. The van der Waals surface area contributed by atoms with Crippen LogP contribution in [0.5, 0.6) is 0 Å². The summed E-state index contributed by atoms with van der Waals surface area (Å²) in [5, 5.41) is 44.8. The van der Waals surface area contributed by atoms with Crippen LogP contribution >= 0.6 is 0 Å². The molecule has 10 rings (SSSR count). The first-order valence-electron chi connectivity index (χ1n) is 33.4. The fourth-order valence-corrected chi connectivity index (χ4v) is 15.4. The monoisotopic (exact) mass is 1280 g/mol. The van der Waals surface area contributed by atoms with E-state index >= 15 is 9.59 Å². The van der Waals surface area contributed by atoms with Gasteiger partial charge in [-0.05, 0) is 66.8 Å². The Morgan fingerprint density at radius 1 is 0.688 bits per heavy atom. The quantitative estimate of drug-likeness (QED) is 0.0132. The summed E-state index contributed by atoms with van der Waals surface area (Å²) in [6, 6.07) is 30.7. The zero-order valence-electron chi connectivity index (χ0n) is 54.3. The van der Waals surface area contributed by atoms with E-state index in [1.807, 2.05) is 30.3 Å². The molecule has 1 saturated heterocycles. The number of aliphatic hydroxyl groups excluding tert-OH is 1. The highest BCUT2D eigenvalue weighted by Gasteiger charge is 2.88. The first-order chi connectivity index (χ1) is 44.6. The molecule has 13 atom stereocenters. The van der Waals surface area contributed by atoms with Crippen LogP contribution in [0.25, 0.3) is 0 Å². The Kier molecular flexibility index (Phi) is 23.0. The molecule has 93 heavy (non-hydrogen) atoms. The van der Waals surface area contributed by atoms with Crippen molar-refractivity contribution < 1.29 is 82.1 Å². The summed E-state index contributed by atoms with van der Waals surface area (Å²) in [5.74, 6) is -8.72. The van der Waals surface area contributed by atoms with Crippen molar-refractivity contribution in [1.29, 1.82) is 0 Å². The molecule has 6 aliphatic rings. The molecule has 5 N–H and O–H groups in total. The number of carbonyl (C=O) groups excluding carboxylic acids is 8. The van der Waals surface area contributed by atoms with Gasteiger partial charge in [0.25, 0.3) is 5.91 Å². The zero-order valence-corrected chi connectivity index (χ0v) is 54.3. The van der Waals surface area contributed by atoms with Gasteiger partial charge in [0.05, 0.1) is 42.1 Å². The van der Waals surface area contributed by atoms with Crippen LogP contribution in [0.3, 0.4) is 0 Å². The number of rotatable bonds is 32. The van der Waals surface area contributed by atoms with E-state index in [1.165, 1.54) is 83.8 Å². The molecule has 0 radical (unpaired) electrons. The van der Waals surface area contributed by atoms with Crippen molar-refractivity contribution in [3.05, 3.63) is 155 Å². The maximum Gasteiger partial charge on any atom is 0.350 e. The standard InChI is InChI=1S/C74H92N2O17/c1-6-7-8-9-10-11-12-13-14-15-16-17-18-31-40-54(67(84)88-45-50-32-23-19-24-33-50)75-58(79)41-42-59(80)92-63(61(51-34-25-20-26-35-51)76-65(82)52-36-27-21-28-37-52)68(85)91-55-44-74(87)70(4)46-73(74,93-66(83)53-38-29-22-30-39-53)69-71(5,56(78)43-57-72(69,86)47-89-57)64(81)62(90-49(3)77)60(70)48(55)2/h19-30,32-39,54-57,61-63,69,78,86-87H,6-18,31,40-47H2,1-5H3,(H,75,79)(H,76,82)/t54?,55-,56-,57+,61-,62+,63+,69?,70?,71-,72-,73+,74-/m0/s1. The van der Waals surface area contributed by atoms with Crippen LogP contribution in [0, 0.1) is 16.7 Å².